The summed E-state index contributed by atoms with van der Waals surface area (Å²) in [6.45, 7) is 1.87. The minimum absolute atomic E-state index is 0.189. The van der Waals surface area contributed by atoms with Crippen molar-refractivity contribution in [3.05, 3.63) is 0 Å². The standard InChI is InChI=1S/C5H10N2O/c1-2-3-7-5(8)4-6/h5,7-8H,4,6H2,1H3. The van der Waals surface area contributed by atoms with Gasteiger partial charge in [-0.05, 0) is 6.92 Å². The molecule has 46 valence electrons. The van der Waals surface area contributed by atoms with Crippen LogP contribution in [0.1, 0.15) is 6.92 Å². The van der Waals surface area contributed by atoms with E-state index in [1.807, 2.05) is 0 Å². The van der Waals surface area contributed by atoms with Crippen molar-refractivity contribution in [2.75, 3.05) is 6.54 Å². The van der Waals surface area contributed by atoms with Crippen LogP contribution < -0.4 is 11.1 Å². The van der Waals surface area contributed by atoms with E-state index in [1.54, 1.807) is 6.92 Å². The fourth-order valence-corrected chi connectivity index (χ4v) is 0.214. The van der Waals surface area contributed by atoms with Gasteiger partial charge in [-0.3, -0.25) is 0 Å². The SMILES string of the molecule is CC#CNC(O)CN. The molecule has 0 aromatic rings. The molecule has 0 fully saturated rings. The van der Waals surface area contributed by atoms with Gasteiger partial charge in [0.25, 0.3) is 0 Å². The van der Waals surface area contributed by atoms with Crippen LogP contribution in [0.4, 0.5) is 0 Å². The molecule has 0 aliphatic carbocycles. The molecular weight excluding hydrogens is 104 g/mol. The molecule has 1 atom stereocenters. The smallest absolute Gasteiger partial charge is 0.143 e. The first kappa shape index (κ1) is 7.28. The number of aliphatic hydroxyl groups excluding tert-OH is 1. The maximum Gasteiger partial charge on any atom is 0.143 e. The molecule has 8 heavy (non-hydrogen) atoms. The molecule has 0 aliphatic rings. The van der Waals surface area contributed by atoms with Crippen molar-refractivity contribution in [1.29, 1.82) is 0 Å². The number of nitrogens with one attached hydrogen (secondary N) is 1. The lowest BCUT2D eigenvalue weighted by Gasteiger charge is -2.02. The molecule has 1 unspecified atom stereocenters. The van der Waals surface area contributed by atoms with Crippen molar-refractivity contribution in [3.63, 3.8) is 0 Å². The Balaban J connectivity index is 3.19. The molecule has 0 rings (SSSR count). The van der Waals surface area contributed by atoms with Gasteiger partial charge in [-0.25, -0.2) is 0 Å². The van der Waals surface area contributed by atoms with Gasteiger partial charge < -0.3 is 16.2 Å². The molecule has 0 spiro atoms. The highest BCUT2D eigenvalue weighted by atomic mass is 16.3. The highest BCUT2D eigenvalue weighted by Gasteiger charge is 1.91. The van der Waals surface area contributed by atoms with Crippen molar-refractivity contribution in [3.8, 4) is 12.0 Å². The maximum absolute atomic E-state index is 8.65. The summed E-state index contributed by atoms with van der Waals surface area (Å²) < 4.78 is 0. The minimum atomic E-state index is -0.692. The second-order valence-electron chi connectivity index (χ2n) is 1.27. The molecule has 0 aliphatic heterocycles. The third kappa shape index (κ3) is 3.47. The monoisotopic (exact) mass is 114 g/mol. The lowest BCUT2D eigenvalue weighted by molar-refractivity contribution is 0.165. The van der Waals surface area contributed by atoms with Crippen LogP contribution in [-0.2, 0) is 0 Å². The summed E-state index contributed by atoms with van der Waals surface area (Å²) in [6.07, 6.45) is -0.692. The lowest BCUT2D eigenvalue weighted by Crippen LogP contribution is -2.32. The number of rotatable bonds is 2. The Kier molecular flexibility index (Phi) is 4.04. The van der Waals surface area contributed by atoms with Gasteiger partial charge in [0.2, 0.25) is 0 Å². The van der Waals surface area contributed by atoms with Gasteiger partial charge in [0.1, 0.15) is 6.23 Å². The summed E-state index contributed by atoms with van der Waals surface area (Å²) in [4.78, 5) is 0. The number of hydrogen-bond donors (Lipinski definition) is 3. The fraction of sp³-hybridized carbons (Fsp3) is 0.600. The van der Waals surface area contributed by atoms with Crippen molar-refractivity contribution < 1.29 is 5.11 Å². The van der Waals surface area contributed by atoms with Crippen LogP contribution in [0.3, 0.4) is 0 Å². The van der Waals surface area contributed by atoms with Crippen LogP contribution in [0.5, 0.6) is 0 Å². The van der Waals surface area contributed by atoms with Gasteiger partial charge in [0, 0.05) is 12.6 Å². The Morgan fingerprint density at radius 1 is 1.88 bits per heavy atom. The van der Waals surface area contributed by atoms with E-state index in [4.69, 9.17) is 10.8 Å². The van der Waals surface area contributed by atoms with Gasteiger partial charge in [0.05, 0.1) is 0 Å². The number of aliphatic hydroxyl groups is 1. The molecule has 0 aromatic carbocycles. The van der Waals surface area contributed by atoms with Crippen LogP contribution in [0.15, 0.2) is 0 Å². The molecule has 0 bridgehead atoms. The molecule has 3 nitrogen and oxygen atoms in total. The van der Waals surface area contributed by atoms with Crippen LogP contribution >= 0.6 is 0 Å². The Hall–Kier alpha value is -0.720. The van der Waals surface area contributed by atoms with Crippen LogP contribution in [0.25, 0.3) is 0 Å². The van der Waals surface area contributed by atoms with Crippen molar-refractivity contribution in [2.24, 2.45) is 5.73 Å². The second-order valence-corrected chi connectivity index (χ2v) is 1.27. The van der Waals surface area contributed by atoms with E-state index >= 15 is 0 Å². The summed E-state index contributed by atoms with van der Waals surface area (Å²) in [5.74, 6) is 2.56. The molecule has 0 radical (unpaired) electrons. The molecular formula is C5H10N2O. The maximum atomic E-state index is 8.65. The molecule has 3 heteroatoms. The topological polar surface area (TPSA) is 58.3 Å². The summed E-state index contributed by atoms with van der Waals surface area (Å²) >= 11 is 0. The van der Waals surface area contributed by atoms with Gasteiger partial charge >= 0.3 is 0 Å². The van der Waals surface area contributed by atoms with Crippen LogP contribution in [0, 0.1) is 12.0 Å². The third-order valence-electron chi connectivity index (χ3n) is 0.587. The zero-order chi connectivity index (χ0) is 6.41. The third-order valence-corrected chi connectivity index (χ3v) is 0.587. The number of nitrogens with two attached hydrogens (primary N) is 1. The predicted octanol–water partition coefficient (Wildman–Crippen LogP) is -1.17. The molecule has 0 aromatic heterocycles. The van der Waals surface area contributed by atoms with Gasteiger partial charge in [-0.2, -0.15) is 0 Å². The van der Waals surface area contributed by atoms with Crippen molar-refractivity contribution >= 4 is 0 Å². The largest absolute Gasteiger partial charge is 0.372 e. The predicted molar refractivity (Wildman–Crippen MR) is 31.6 cm³/mol. The highest BCUT2D eigenvalue weighted by Crippen LogP contribution is 1.64. The van der Waals surface area contributed by atoms with E-state index in [0.717, 1.165) is 0 Å². The Morgan fingerprint density at radius 2 is 2.50 bits per heavy atom. The van der Waals surface area contributed by atoms with E-state index in [1.165, 1.54) is 0 Å². The lowest BCUT2D eigenvalue weighted by atomic mass is 10.6. The minimum Gasteiger partial charge on any atom is -0.372 e. The first-order valence-electron chi connectivity index (χ1n) is 2.36. The molecule has 0 saturated heterocycles. The summed E-state index contributed by atoms with van der Waals surface area (Å²) in [6, 6.07) is 2.47. The Labute approximate surface area is 48.9 Å². The second kappa shape index (κ2) is 4.44. The molecule has 0 saturated carbocycles. The fourth-order valence-electron chi connectivity index (χ4n) is 0.214. The first-order chi connectivity index (χ1) is 3.81. The van der Waals surface area contributed by atoms with Crippen molar-refractivity contribution in [1.82, 2.24) is 5.32 Å². The zero-order valence-corrected chi connectivity index (χ0v) is 4.81. The molecule has 0 heterocycles. The summed E-state index contributed by atoms with van der Waals surface area (Å²) in [5.41, 5.74) is 5.03. The van der Waals surface area contributed by atoms with Gasteiger partial charge in [-0.1, -0.05) is 5.92 Å². The normalized spacial score (nSPS) is 11.4. The van der Waals surface area contributed by atoms with Crippen LogP contribution in [0.2, 0.25) is 0 Å². The summed E-state index contributed by atoms with van der Waals surface area (Å²) in [5, 5.41) is 11.1. The van der Waals surface area contributed by atoms with E-state index in [0.29, 0.717) is 0 Å². The quantitative estimate of drug-likeness (QED) is 0.241. The van der Waals surface area contributed by atoms with E-state index in [9.17, 15) is 0 Å². The van der Waals surface area contributed by atoms with Crippen LogP contribution in [-0.4, -0.2) is 17.9 Å². The average Bonchev–Trinajstić information content (AvgIpc) is 1.83. The van der Waals surface area contributed by atoms with E-state index < -0.39 is 6.23 Å². The average molecular weight is 114 g/mol. The van der Waals surface area contributed by atoms with Gasteiger partial charge in [0.15, 0.2) is 0 Å². The number of hydrogen-bond acceptors (Lipinski definition) is 3. The Bertz CT molecular complexity index is 103. The van der Waals surface area contributed by atoms with E-state index in [2.05, 4.69) is 17.3 Å². The van der Waals surface area contributed by atoms with E-state index in [-0.39, 0.29) is 6.54 Å². The summed E-state index contributed by atoms with van der Waals surface area (Å²) in [7, 11) is 0. The van der Waals surface area contributed by atoms with Crippen molar-refractivity contribution in [2.45, 2.75) is 13.2 Å². The van der Waals surface area contributed by atoms with Gasteiger partial charge in [-0.15, -0.1) is 0 Å². The molecule has 4 N–H and O–H groups in total. The molecule has 0 amide bonds. The highest BCUT2D eigenvalue weighted by molar-refractivity contribution is 4.92. The zero-order valence-electron chi connectivity index (χ0n) is 4.81. The first-order valence-corrected chi connectivity index (χ1v) is 2.36. The Morgan fingerprint density at radius 3 is 2.88 bits per heavy atom.